The van der Waals surface area contributed by atoms with Crippen molar-refractivity contribution in [3.8, 4) is 11.5 Å². The third kappa shape index (κ3) is 6.55. The van der Waals surface area contributed by atoms with Crippen molar-refractivity contribution >= 4 is 11.9 Å². The number of phenols is 1. The summed E-state index contributed by atoms with van der Waals surface area (Å²) in [6.07, 6.45) is 7.65. The summed E-state index contributed by atoms with van der Waals surface area (Å²) >= 11 is 0. The van der Waals surface area contributed by atoms with Crippen molar-refractivity contribution in [1.29, 1.82) is 0 Å². The Morgan fingerprint density at radius 3 is 2.50 bits per heavy atom. The van der Waals surface area contributed by atoms with E-state index in [4.69, 9.17) is 4.74 Å². The van der Waals surface area contributed by atoms with Crippen LogP contribution in [0.5, 0.6) is 11.5 Å². The number of ether oxygens (including phenoxy) is 1. The average Bonchev–Trinajstić information content (AvgIpc) is 2.66. The monoisotopic (exact) mass is 353 g/mol. The first-order valence-electron chi connectivity index (χ1n) is 9.71. The number of hydrogen-bond acceptors (Lipinski definition) is 3. The number of aromatic hydroxyl groups is 1. The topological polar surface area (TPSA) is 41.8 Å². The first-order valence-corrected chi connectivity index (χ1v) is 9.71. The van der Waals surface area contributed by atoms with E-state index in [9.17, 15) is 5.11 Å². The van der Waals surface area contributed by atoms with Crippen LogP contribution in [0.4, 0.5) is 5.69 Å². The van der Waals surface area contributed by atoms with Gasteiger partial charge >= 0.3 is 0 Å². The summed E-state index contributed by atoms with van der Waals surface area (Å²) in [7, 11) is 0. The van der Waals surface area contributed by atoms with Crippen LogP contribution in [0.25, 0.3) is 0 Å². The molecule has 0 aliphatic rings. The number of rotatable bonds is 10. The third-order valence-electron chi connectivity index (χ3n) is 4.59. The van der Waals surface area contributed by atoms with Crippen LogP contribution in [0.2, 0.25) is 0 Å². The molecule has 2 aromatic rings. The zero-order chi connectivity index (χ0) is 18.8. The van der Waals surface area contributed by atoms with E-state index in [1.807, 2.05) is 24.3 Å². The Morgan fingerprint density at radius 1 is 1.08 bits per heavy atom. The van der Waals surface area contributed by atoms with E-state index < -0.39 is 0 Å². The Kier molecular flexibility index (Phi) is 8.20. The standard InChI is InChI=1S/C23H31NO2/c1-4-6-7-8-19-9-12-21(13-10-19)24-16-20-11-14-22(15-23(20)25)26-17-18(3)5-2/h9-16,18,25H,4-8,17H2,1-3H3. The Bertz CT molecular complexity index is 692. The predicted octanol–water partition coefficient (Wildman–Crippen LogP) is 6.30. The second-order valence-electron chi connectivity index (χ2n) is 6.93. The molecule has 0 radical (unpaired) electrons. The van der Waals surface area contributed by atoms with Crippen molar-refractivity contribution < 1.29 is 9.84 Å². The van der Waals surface area contributed by atoms with Crippen LogP contribution in [0, 0.1) is 5.92 Å². The van der Waals surface area contributed by atoms with Crippen LogP contribution < -0.4 is 4.74 Å². The van der Waals surface area contributed by atoms with Crippen LogP contribution in [0.1, 0.15) is 57.6 Å². The normalized spacial score (nSPS) is 12.4. The number of hydrogen-bond donors (Lipinski definition) is 1. The van der Waals surface area contributed by atoms with Crippen molar-refractivity contribution in [3.63, 3.8) is 0 Å². The summed E-state index contributed by atoms with van der Waals surface area (Å²) in [5.74, 6) is 1.38. The molecule has 2 aromatic carbocycles. The van der Waals surface area contributed by atoms with Crippen molar-refractivity contribution in [1.82, 2.24) is 0 Å². The lowest BCUT2D eigenvalue weighted by Gasteiger charge is -2.11. The molecule has 0 fully saturated rings. The summed E-state index contributed by atoms with van der Waals surface area (Å²) in [4.78, 5) is 4.47. The smallest absolute Gasteiger partial charge is 0.128 e. The highest BCUT2D eigenvalue weighted by Gasteiger charge is 2.04. The van der Waals surface area contributed by atoms with Crippen LogP contribution in [-0.4, -0.2) is 17.9 Å². The Hall–Kier alpha value is -2.29. The second-order valence-corrected chi connectivity index (χ2v) is 6.93. The van der Waals surface area contributed by atoms with E-state index in [0.29, 0.717) is 23.8 Å². The number of benzene rings is 2. The maximum atomic E-state index is 10.2. The molecular weight excluding hydrogens is 322 g/mol. The van der Waals surface area contributed by atoms with Crippen LogP contribution in [-0.2, 0) is 6.42 Å². The van der Waals surface area contributed by atoms with E-state index in [0.717, 1.165) is 18.5 Å². The molecule has 3 nitrogen and oxygen atoms in total. The largest absolute Gasteiger partial charge is 0.507 e. The maximum absolute atomic E-state index is 10.2. The van der Waals surface area contributed by atoms with Crippen LogP contribution >= 0.6 is 0 Å². The van der Waals surface area contributed by atoms with Gasteiger partial charge in [-0.05, 0) is 48.6 Å². The minimum absolute atomic E-state index is 0.187. The van der Waals surface area contributed by atoms with E-state index in [1.54, 1.807) is 12.3 Å². The summed E-state index contributed by atoms with van der Waals surface area (Å²) in [6.45, 7) is 7.17. The first kappa shape index (κ1) is 20.0. The Labute approximate surface area is 157 Å². The quantitative estimate of drug-likeness (QED) is 0.402. The first-order chi connectivity index (χ1) is 12.6. The highest BCUT2D eigenvalue weighted by Crippen LogP contribution is 2.24. The summed E-state index contributed by atoms with van der Waals surface area (Å²) in [6, 6.07) is 13.7. The SMILES string of the molecule is CCCCCc1ccc(N=Cc2ccc(OCC(C)CC)cc2O)cc1. The summed E-state index contributed by atoms with van der Waals surface area (Å²) in [5.41, 5.74) is 2.93. The second kappa shape index (κ2) is 10.6. The van der Waals surface area contributed by atoms with E-state index >= 15 is 0 Å². The number of aliphatic imine (C=N–C) groups is 1. The molecule has 0 spiro atoms. The molecule has 0 aromatic heterocycles. The molecule has 0 bridgehead atoms. The van der Waals surface area contributed by atoms with Gasteiger partial charge in [-0.1, -0.05) is 52.2 Å². The molecule has 0 saturated heterocycles. The van der Waals surface area contributed by atoms with Gasteiger partial charge in [-0.15, -0.1) is 0 Å². The fourth-order valence-corrected chi connectivity index (χ4v) is 2.55. The lowest BCUT2D eigenvalue weighted by molar-refractivity contribution is 0.255. The Morgan fingerprint density at radius 2 is 1.85 bits per heavy atom. The maximum Gasteiger partial charge on any atom is 0.128 e. The number of phenolic OH excluding ortho intramolecular Hbond substituents is 1. The molecular formula is C23H31NO2. The van der Waals surface area contributed by atoms with Gasteiger partial charge in [-0.2, -0.15) is 0 Å². The third-order valence-corrected chi connectivity index (χ3v) is 4.59. The molecule has 0 heterocycles. The van der Waals surface area contributed by atoms with Gasteiger partial charge < -0.3 is 9.84 Å². The molecule has 1 unspecified atom stereocenters. The molecule has 140 valence electrons. The fourth-order valence-electron chi connectivity index (χ4n) is 2.55. The number of aryl methyl sites for hydroxylation is 1. The van der Waals surface area contributed by atoms with Crippen molar-refractivity contribution in [2.45, 2.75) is 52.9 Å². The molecule has 2 rings (SSSR count). The average molecular weight is 354 g/mol. The van der Waals surface area contributed by atoms with Gasteiger partial charge in [-0.3, -0.25) is 4.99 Å². The predicted molar refractivity (Wildman–Crippen MR) is 110 cm³/mol. The van der Waals surface area contributed by atoms with E-state index in [1.165, 1.54) is 24.8 Å². The van der Waals surface area contributed by atoms with Gasteiger partial charge in [-0.25, -0.2) is 0 Å². The van der Waals surface area contributed by atoms with Crippen LogP contribution in [0.15, 0.2) is 47.5 Å². The zero-order valence-electron chi connectivity index (χ0n) is 16.2. The lowest BCUT2D eigenvalue weighted by Crippen LogP contribution is -2.07. The molecule has 1 N–H and O–H groups in total. The van der Waals surface area contributed by atoms with Crippen molar-refractivity contribution in [2.24, 2.45) is 10.9 Å². The highest BCUT2D eigenvalue weighted by molar-refractivity contribution is 5.85. The fraction of sp³-hybridized carbons (Fsp3) is 0.435. The Balaban J connectivity index is 1.94. The van der Waals surface area contributed by atoms with Gasteiger partial charge in [0.2, 0.25) is 0 Å². The van der Waals surface area contributed by atoms with Crippen molar-refractivity contribution in [3.05, 3.63) is 53.6 Å². The van der Waals surface area contributed by atoms with Crippen LogP contribution in [0.3, 0.4) is 0 Å². The lowest BCUT2D eigenvalue weighted by atomic mass is 10.1. The van der Waals surface area contributed by atoms with Gasteiger partial charge in [0.25, 0.3) is 0 Å². The van der Waals surface area contributed by atoms with Gasteiger partial charge in [0.05, 0.1) is 12.3 Å². The highest BCUT2D eigenvalue weighted by atomic mass is 16.5. The minimum atomic E-state index is 0.187. The summed E-state index contributed by atoms with van der Waals surface area (Å²) < 4.78 is 5.71. The molecule has 0 saturated carbocycles. The van der Waals surface area contributed by atoms with E-state index in [-0.39, 0.29) is 5.75 Å². The van der Waals surface area contributed by atoms with Crippen molar-refractivity contribution in [2.75, 3.05) is 6.61 Å². The molecule has 3 heteroatoms. The molecule has 0 amide bonds. The summed E-state index contributed by atoms with van der Waals surface area (Å²) in [5, 5.41) is 10.2. The molecule has 1 atom stereocenters. The zero-order valence-corrected chi connectivity index (χ0v) is 16.2. The molecule has 26 heavy (non-hydrogen) atoms. The number of nitrogens with zero attached hydrogens (tertiary/aromatic N) is 1. The van der Waals surface area contributed by atoms with E-state index in [2.05, 4.69) is 37.9 Å². The minimum Gasteiger partial charge on any atom is -0.507 e. The van der Waals surface area contributed by atoms with Gasteiger partial charge in [0, 0.05) is 17.8 Å². The molecule has 0 aliphatic heterocycles. The van der Waals surface area contributed by atoms with Gasteiger partial charge in [0.1, 0.15) is 11.5 Å². The molecule has 0 aliphatic carbocycles. The number of unbranched alkanes of at least 4 members (excludes halogenated alkanes) is 2. The van der Waals surface area contributed by atoms with Gasteiger partial charge in [0.15, 0.2) is 0 Å².